The van der Waals surface area contributed by atoms with Crippen LogP contribution in [0.3, 0.4) is 0 Å². The van der Waals surface area contributed by atoms with Gasteiger partial charge in [0.05, 0.1) is 0 Å². The van der Waals surface area contributed by atoms with E-state index in [2.05, 4.69) is 121 Å². The minimum atomic E-state index is 1.21. The topological polar surface area (TPSA) is 0 Å². The van der Waals surface area contributed by atoms with Crippen molar-refractivity contribution in [3.8, 4) is 11.1 Å². The molecule has 0 unspecified atom stereocenters. The first-order valence-electron chi connectivity index (χ1n) is 9.64. The number of rotatable bonds is 3. The summed E-state index contributed by atoms with van der Waals surface area (Å²) in [5.41, 5.74) is 5.02. The first-order valence-corrected chi connectivity index (χ1v) is 9.64. The summed E-state index contributed by atoms with van der Waals surface area (Å²) < 4.78 is 0. The van der Waals surface area contributed by atoms with Crippen LogP contribution in [0.4, 0.5) is 0 Å². The van der Waals surface area contributed by atoms with Gasteiger partial charge in [-0.1, -0.05) is 121 Å². The fraction of sp³-hybridized carbons (Fsp3) is 0. The minimum Gasteiger partial charge on any atom is -0.0622 e. The van der Waals surface area contributed by atoms with Gasteiger partial charge in [0.25, 0.3) is 0 Å². The van der Waals surface area contributed by atoms with Gasteiger partial charge in [-0.3, -0.25) is 0 Å². The Bertz CT molecular complexity index is 1280. The van der Waals surface area contributed by atoms with Crippen LogP contribution in [0.15, 0.2) is 109 Å². The van der Waals surface area contributed by atoms with Crippen LogP contribution < -0.4 is 0 Å². The van der Waals surface area contributed by atoms with Crippen molar-refractivity contribution in [1.29, 1.82) is 0 Å². The van der Waals surface area contributed by atoms with E-state index >= 15 is 0 Å². The lowest BCUT2D eigenvalue weighted by molar-refractivity contribution is 1.64. The molecule has 28 heavy (non-hydrogen) atoms. The zero-order valence-corrected chi connectivity index (χ0v) is 15.5. The number of fused-ring (bicyclic) bond motifs is 3. The van der Waals surface area contributed by atoms with Crippen LogP contribution >= 0.6 is 0 Å². The van der Waals surface area contributed by atoms with Crippen LogP contribution in [0.25, 0.3) is 44.8 Å². The first-order chi connectivity index (χ1) is 13.9. The van der Waals surface area contributed by atoms with Crippen LogP contribution in [-0.4, -0.2) is 0 Å². The van der Waals surface area contributed by atoms with Crippen molar-refractivity contribution in [2.45, 2.75) is 0 Å². The normalized spacial score (nSPS) is 11.4. The summed E-state index contributed by atoms with van der Waals surface area (Å²) >= 11 is 0. The summed E-state index contributed by atoms with van der Waals surface area (Å²) in [7, 11) is 0. The largest absolute Gasteiger partial charge is 0.0622 e. The van der Waals surface area contributed by atoms with Crippen LogP contribution in [-0.2, 0) is 0 Å². The molecule has 0 amide bonds. The molecule has 0 nitrogen and oxygen atoms in total. The molecule has 0 spiro atoms. The third-order valence-electron chi connectivity index (χ3n) is 5.28. The predicted octanol–water partition coefficient (Wildman–Crippen LogP) is 7.83. The Morgan fingerprint density at radius 1 is 0.393 bits per heavy atom. The molecule has 0 aromatic heterocycles. The van der Waals surface area contributed by atoms with Gasteiger partial charge in [0.2, 0.25) is 0 Å². The molecule has 5 aromatic rings. The second kappa shape index (κ2) is 7.17. The van der Waals surface area contributed by atoms with E-state index in [1.807, 2.05) is 0 Å². The Kier molecular flexibility index (Phi) is 4.23. The first kappa shape index (κ1) is 16.5. The van der Waals surface area contributed by atoms with Crippen molar-refractivity contribution in [3.63, 3.8) is 0 Å². The van der Waals surface area contributed by atoms with Crippen molar-refractivity contribution < 1.29 is 0 Å². The van der Waals surface area contributed by atoms with Gasteiger partial charge in [-0.2, -0.15) is 0 Å². The molecule has 0 aliphatic rings. The number of hydrogen-bond acceptors (Lipinski definition) is 0. The molecule has 5 aromatic carbocycles. The average molecular weight is 356 g/mol. The Balaban J connectivity index is 1.89. The quantitative estimate of drug-likeness (QED) is 0.228. The van der Waals surface area contributed by atoms with Gasteiger partial charge in [-0.15, -0.1) is 0 Å². The maximum Gasteiger partial charge on any atom is -0.00264 e. The fourth-order valence-corrected chi connectivity index (χ4v) is 4.00. The van der Waals surface area contributed by atoms with Gasteiger partial charge in [0, 0.05) is 0 Å². The van der Waals surface area contributed by atoms with Crippen LogP contribution in [0.5, 0.6) is 0 Å². The van der Waals surface area contributed by atoms with Crippen LogP contribution in [0, 0.1) is 0 Å². The van der Waals surface area contributed by atoms with E-state index in [9.17, 15) is 0 Å². The summed E-state index contributed by atoms with van der Waals surface area (Å²) in [6, 6.07) is 38.7. The second-order valence-electron chi connectivity index (χ2n) is 6.99. The third-order valence-corrected chi connectivity index (χ3v) is 5.28. The molecule has 0 heterocycles. The lowest BCUT2D eigenvalue weighted by Crippen LogP contribution is -1.90. The van der Waals surface area contributed by atoms with E-state index in [0.717, 1.165) is 0 Å². The molecular formula is C28H20. The van der Waals surface area contributed by atoms with Gasteiger partial charge in [-0.25, -0.2) is 0 Å². The average Bonchev–Trinajstić information content (AvgIpc) is 2.78. The SMILES string of the molecule is C(=C\c1c(-c2ccccc2)c2ccccc2c2ccccc12)/c1ccccc1. The van der Waals surface area contributed by atoms with E-state index in [4.69, 9.17) is 0 Å². The molecule has 0 saturated carbocycles. The zero-order chi connectivity index (χ0) is 18.8. The highest BCUT2D eigenvalue weighted by Crippen LogP contribution is 2.39. The van der Waals surface area contributed by atoms with Crippen LogP contribution in [0.1, 0.15) is 11.1 Å². The molecule has 0 atom stereocenters. The molecule has 0 saturated heterocycles. The van der Waals surface area contributed by atoms with E-state index in [1.165, 1.54) is 43.8 Å². The molecule has 0 aliphatic heterocycles. The smallest absolute Gasteiger partial charge is 0.00264 e. The zero-order valence-electron chi connectivity index (χ0n) is 15.5. The molecule has 0 fully saturated rings. The maximum atomic E-state index is 2.27. The van der Waals surface area contributed by atoms with Gasteiger partial charge in [-0.05, 0) is 43.8 Å². The Morgan fingerprint density at radius 2 is 0.893 bits per heavy atom. The highest BCUT2D eigenvalue weighted by Gasteiger charge is 2.13. The molecule has 0 aliphatic carbocycles. The third kappa shape index (κ3) is 2.90. The van der Waals surface area contributed by atoms with Gasteiger partial charge < -0.3 is 0 Å². The van der Waals surface area contributed by atoms with Gasteiger partial charge in [0.15, 0.2) is 0 Å². The van der Waals surface area contributed by atoms with E-state index < -0.39 is 0 Å². The lowest BCUT2D eigenvalue weighted by atomic mass is 9.87. The van der Waals surface area contributed by atoms with E-state index in [0.29, 0.717) is 0 Å². The Morgan fingerprint density at radius 3 is 1.57 bits per heavy atom. The molecule has 132 valence electrons. The second-order valence-corrected chi connectivity index (χ2v) is 6.99. The maximum absolute atomic E-state index is 2.27. The van der Waals surface area contributed by atoms with Crippen molar-refractivity contribution in [2.75, 3.05) is 0 Å². The molecule has 5 rings (SSSR count). The summed E-state index contributed by atoms with van der Waals surface area (Å²) in [5, 5.41) is 5.17. The van der Waals surface area contributed by atoms with Gasteiger partial charge in [0.1, 0.15) is 0 Å². The Hall–Kier alpha value is -3.64. The van der Waals surface area contributed by atoms with E-state index in [1.54, 1.807) is 0 Å². The van der Waals surface area contributed by atoms with Crippen molar-refractivity contribution >= 4 is 33.7 Å². The molecule has 0 N–H and O–H groups in total. The Labute approximate surface area is 165 Å². The minimum absolute atomic E-state index is 1.21. The van der Waals surface area contributed by atoms with Crippen molar-refractivity contribution in [1.82, 2.24) is 0 Å². The standard InChI is InChI=1S/C28H20/c1-3-11-21(12-4-1)19-20-27-25-17-8-7-15-23(25)24-16-9-10-18-26(24)28(27)22-13-5-2-6-14-22/h1-20H/b20-19+. The highest BCUT2D eigenvalue weighted by molar-refractivity contribution is 6.18. The number of benzene rings is 5. The summed E-state index contributed by atoms with van der Waals surface area (Å²) in [5.74, 6) is 0. The van der Waals surface area contributed by atoms with Gasteiger partial charge >= 0.3 is 0 Å². The molecular weight excluding hydrogens is 336 g/mol. The monoisotopic (exact) mass is 356 g/mol. The summed E-state index contributed by atoms with van der Waals surface area (Å²) in [4.78, 5) is 0. The van der Waals surface area contributed by atoms with Crippen LogP contribution in [0.2, 0.25) is 0 Å². The molecule has 0 bridgehead atoms. The van der Waals surface area contributed by atoms with Crippen molar-refractivity contribution in [2.24, 2.45) is 0 Å². The van der Waals surface area contributed by atoms with Crippen molar-refractivity contribution in [3.05, 3.63) is 120 Å². The molecule has 0 heteroatoms. The fourth-order valence-electron chi connectivity index (χ4n) is 4.00. The molecule has 0 radical (unpaired) electrons. The summed E-state index contributed by atoms with van der Waals surface area (Å²) in [6.07, 6.45) is 4.48. The lowest BCUT2D eigenvalue weighted by Gasteiger charge is -2.16. The van der Waals surface area contributed by atoms with E-state index in [-0.39, 0.29) is 0 Å². The predicted molar refractivity (Wildman–Crippen MR) is 122 cm³/mol. The highest BCUT2D eigenvalue weighted by atomic mass is 14.2. The number of hydrogen-bond donors (Lipinski definition) is 0. The summed E-state index contributed by atoms with van der Waals surface area (Å²) in [6.45, 7) is 0.